The van der Waals surface area contributed by atoms with Crippen LogP contribution in [0.4, 0.5) is 0 Å². The number of benzene rings is 1. The molecule has 1 unspecified atom stereocenters. The van der Waals surface area contributed by atoms with Gasteiger partial charge in [-0.25, -0.2) is 0 Å². The Bertz CT molecular complexity index is 795. The second-order valence-corrected chi connectivity index (χ2v) is 7.67. The molecule has 1 aromatic carbocycles. The van der Waals surface area contributed by atoms with E-state index in [0.717, 1.165) is 36.6 Å². The maximum atomic E-state index is 12.5. The van der Waals surface area contributed by atoms with Gasteiger partial charge in [-0.05, 0) is 25.5 Å². The number of aryl methyl sites for hydroxylation is 1. The van der Waals surface area contributed by atoms with Gasteiger partial charge in [0.05, 0.1) is 6.54 Å². The standard InChI is InChI=1S/C23H31N3O3/c1-3-18(2)24-22(27)17-25-13-15-26(16-14-25)23(28)12-10-20-9-11-21(29-20)19-7-5-4-6-8-19/h4-9,11,18H,3,10,12-17H2,1-2H3,(H,24,27). The number of nitrogens with zero attached hydrogens (tertiary/aromatic N) is 2. The van der Waals surface area contributed by atoms with Gasteiger partial charge in [-0.15, -0.1) is 0 Å². The first kappa shape index (κ1) is 21.1. The van der Waals surface area contributed by atoms with E-state index in [-0.39, 0.29) is 17.9 Å². The molecule has 2 heterocycles. The van der Waals surface area contributed by atoms with Gasteiger partial charge >= 0.3 is 0 Å². The van der Waals surface area contributed by atoms with Gasteiger partial charge in [0.1, 0.15) is 11.5 Å². The summed E-state index contributed by atoms with van der Waals surface area (Å²) in [6.45, 7) is 7.28. The summed E-state index contributed by atoms with van der Waals surface area (Å²) in [6.07, 6.45) is 1.97. The SMILES string of the molecule is CCC(C)NC(=O)CN1CCN(C(=O)CCc2ccc(-c3ccccc3)o2)CC1. The van der Waals surface area contributed by atoms with Crippen LogP contribution in [0.2, 0.25) is 0 Å². The smallest absolute Gasteiger partial charge is 0.234 e. The molecule has 6 nitrogen and oxygen atoms in total. The Morgan fingerprint density at radius 2 is 1.79 bits per heavy atom. The summed E-state index contributed by atoms with van der Waals surface area (Å²) in [6, 6.07) is 14.1. The van der Waals surface area contributed by atoms with Gasteiger partial charge in [-0.1, -0.05) is 37.3 Å². The highest BCUT2D eigenvalue weighted by molar-refractivity contribution is 5.78. The topological polar surface area (TPSA) is 65.8 Å². The van der Waals surface area contributed by atoms with Crippen LogP contribution in [-0.4, -0.2) is 60.4 Å². The molecule has 0 spiro atoms. The number of amides is 2. The number of furan rings is 1. The molecule has 1 fully saturated rings. The number of hydrogen-bond donors (Lipinski definition) is 1. The van der Waals surface area contributed by atoms with Gasteiger partial charge in [0, 0.05) is 50.6 Å². The number of carbonyl (C=O) groups excluding carboxylic acids is 2. The predicted octanol–water partition coefficient (Wildman–Crippen LogP) is 2.94. The normalized spacial score (nSPS) is 15.9. The number of rotatable bonds is 8. The molecule has 0 bridgehead atoms. The van der Waals surface area contributed by atoms with Gasteiger partial charge in [0.2, 0.25) is 11.8 Å². The molecule has 1 atom stereocenters. The van der Waals surface area contributed by atoms with Gasteiger partial charge < -0.3 is 14.6 Å². The molecule has 2 aromatic rings. The van der Waals surface area contributed by atoms with Crippen LogP contribution in [0.15, 0.2) is 46.9 Å². The number of nitrogens with one attached hydrogen (secondary N) is 1. The van der Waals surface area contributed by atoms with Crippen LogP contribution in [0.25, 0.3) is 11.3 Å². The first-order valence-electron chi connectivity index (χ1n) is 10.5. The third-order valence-electron chi connectivity index (χ3n) is 5.42. The zero-order valence-electron chi connectivity index (χ0n) is 17.4. The van der Waals surface area contributed by atoms with Crippen molar-refractivity contribution in [3.8, 4) is 11.3 Å². The maximum absolute atomic E-state index is 12.5. The quantitative estimate of drug-likeness (QED) is 0.744. The summed E-state index contributed by atoms with van der Waals surface area (Å²) in [4.78, 5) is 28.6. The number of hydrogen-bond acceptors (Lipinski definition) is 4. The first-order valence-corrected chi connectivity index (χ1v) is 10.5. The fourth-order valence-corrected chi connectivity index (χ4v) is 3.44. The van der Waals surface area contributed by atoms with E-state index in [1.807, 2.05) is 54.3 Å². The fraction of sp³-hybridized carbons (Fsp3) is 0.478. The average molecular weight is 398 g/mol. The molecule has 1 aliphatic rings. The summed E-state index contributed by atoms with van der Waals surface area (Å²) in [7, 11) is 0. The van der Waals surface area contributed by atoms with Crippen LogP contribution in [-0.2, 0) is 16.0 Å². The molecule has 0 aliphatic carbocycles. The number of piperazine rings is 1. The molecule has 1 aliphatic heterocycles. The van der Waals surface area contributed by atoms with E-state index in [1.54, 1.807) is 0 Å². The monoisotopic (exact) mass is 397 g/mol. The van der Waals surface area contributed by atoms with Crippen LogP contribution in [0.5, 0.6) is 0 Å². The van der Waals surface area contributed by atoms with Crippen LogP contribution in [0.1, 0.15) is 32.4 Å². The molecule has 2 amide bonds. The van der Waals surface area contributed by atoms with Crippen molar-refractivity contribution in [3.05, 3.63) is 48.2 Å². The molecular weight excluding hydrogens is 366 g/mol. The Hall–Kier alpha value is -2.60. The zero-order chi connectivity index (χ0) is 20.6. The van der Waals surface area contributed by atoms with Crippen molar-refractivity contribution in [3.63, 3.8) is 0 Å². The minimum atomic E-state index is 0.0613. The molecule has 1 N–H and O–H groups in total. The minimum Gasteiger partial charge on any atom is -0.461 e. The van der Waals surface area contributed by atoms with E-state index in [2.05, 4.69) is 17.1 Å². The molecule has 3 rings (SSSR count). The Morgan fingerprint density at radius 1 is 1.07 bits per heavy atom. The first-order chi connectivity index (χ1) is 14.0. The predicted molar refractivity (Wildman–Crippen MR) is 113 cm³/mol. The summed E-state index contributed by atoms with van der Waals surface area (Å²) >= 11 is 0. The van der Waals surface area contributed by atoms with Crippen molar-refractivity contribution in [2.75, 3.05) is 32.7 Å². The molecule has 6 heteroatoms. The van der Waals surface area contributed by atoms with Crippen molar-refractivity contribution in [2.24, 2.45) is 0 Å². The van der Waals surface area contributed by atoms with E-state index >= 15 is 0 Å². The second-order valence-electron chi connectivity index (χ2n) is 7.67. The molecule has 1 aromatic heterocycles. The lowest BCUT2D eigenvalue weighted by Crippen LogP contribution is -2.51. The van der Waals surface area contributed by atoms with Crippen molar-refractivity contribution in [1.82, 2.24) is 15.1 Å². The highest BCUT2D eigenvalue weighted by atomic mass is 16.3. The Morgan fingerprint density at radius 3 is 2.48 bits per heavy atom. The zero-order valence-corrected chi connectivity index (χ0v) is 17.4. The van der Waals surface area contributed by atoms with E-state index in [9.17, 15) is 9.59 Å². The van der Waals surface area contributed by atoms with E-state index < -0.39 is 0 Å². The van der Waals surface area contributed by atoms with Crippen LogP contribution >= 0.6 is 0 Å². The van der Waals surface area contributed by atoms with E-state index in [0.29, 0.717) is 32.5 Å². The van der Waals surface area contributed by atoms with Crippen LogP contribution in [0, 0.1) is 0 Å². The van der Waals surface area contributed by atoms with Gasteiger partial charge in [0.25, 0.3) is 0 Å². The van der Waals surface area contributed by atoms with Crippen molar-refractivity contribution >= 4 is 11.8 Å². The van der Waals surface area contributed by atoms with Crippen LogP contribution < -0.4 is 5.32 Å². The molecule has 0 radical (unpaired) electrons. The number of carbonyl (C=O) groups is 2. The van der Waals surface area contributed by atoms with Crippen LogP contribution in [0.3, 0.4) is 0 Å². The van der Waals surface area contributed by atoms with E-state index in [1.165, 1.54) is 0 Å². The highest BCUT2D eigenvalue weighted by Crippen LogP contribution is 2.22. The summed E-state index contributed by atoms with van der Waals surface area (Å²) in [5, 5.41) is 2.99. The summed E-state index contributed by atoms with van der Waals surface area (Å²) in [5.74, 6) is 1.87. The average Bonchev–Trinajstić information content (AvgIpc) is 3.22. The molecule has 29 heavy (non-hydrogen) atoms. The van der Waals surface area contributed by atoms with Gasteiger partial charge in [0.15, 0.2) is 0 Å². The van der Waals surface area contributed by atoms with Crippen molar-refractivity contribution in [2.45, 2.75) is 39.2 Å². The summed E-state index contributed by atoms with van der Waals surface area (Å²) in [5.41, 5.74) is 1.04. The molecular formula is C23H31N3O3. The molecule has 0 saturated carbocycles. The second kappa shape index (κ2) is 10.3. The molecule has 156 valence electrons. The fourth-order valence-electron chi connectivity index (χ4n) is 3.44. The lowest BCUT2D eigenvalue weighted by molar-refractivity contribution is -0.133. The van der Waals surface area contributed by atoms with E-state index in [4.69, 9.17) is 4.42 Å². The maximum Gasteiger partial charge on any atom is 0.234 e. The van der Waals surface area contributed by atoms with Gasteiger partial charge in [-0.3, -0.25) is 14.5 Å². The lowest BCUT2D eigenvalue weighted by atomic mass is 10.2. The Kier molecular flexibility index (Phi) is 7.47. The van der Waals surface area contributed by atoms with Crippen molar-refractivity contribution in [1.29, 1.82) is 0 Å². The highest BCUT2D eigenvalue weighted by Gasteiger charge is 2.22. The minimum absolute atomic E-state index is 0.0613. The van der Waals surface area contributed by atoms with Gasteiger partial charge in [-0.2, -0.15) is 0 Å². The summed E-state index contributed by atoms with van der Waals surface area (Å²) < 4.78 is 5.89. The van der Waals surface area contributed by atoms with Crippen molar-refractivity contribution < 1.29 is 14.0 Å². The Labute approximate surface area is 172 Å². The molecule has 1 saturated heterocycles. The third-order valence-corrected chi connectivity index (χ3v) is 5.42. The Balaban J connectivity index is 1.40. The largest absolute Gasteiger partial charge is 0.461 e. The third kappa shape index (κ3) is 6.19. The lowest BCUT2D eigenvalue weighted by Gasteiger charge is -2.34.